The van der Waals surface area contributed by atoms with E-state index in [1.165, 1.54) is 25.7 Å². The highest BCUT2D eigenvalue weighted by Gasteiger charge is 2.22. The molecule has 3 unspecified atom stereocenters. The predicted octanol–water partition coefficient (Wildman–Crippen LogP) is 3.02. The van der Waals surface area contributed by atoms with Gasteiger partial charge in [-0.1, -0.05) is 57.6 Å². The molecule has 4 N–H and O–H groups in total. The molecule has 0 amide bonds. The van der Waals surface area contributed by atoms with E-state index >= 15 is 0 Å². The van der Waals surface area contributed by atoms with Crippen molar-refractivity contribution in [3.8, 4) is 0 Å². The van der Waals surface area contributed by atoms with Crippen LogP contribution >= 0.6 is 0 Å². The Morgan fingerprint density at radius 1 is 0.957 bits per heavy atom. The van der Waals surface area contributed by atoms with E-state index in [-0.39, 0.29) is 6.42 Å². The molecule has 0 spiro atoms. The molecular weight excluding hydrogens is 296 g/mol. The predicted molar refractivity (Wildman–Crippen MR) is 91.3 cm³/mol. The summed E-state index contributed by atoms with van der Waals surface area (Å²) in [6, 6.07) is 0. The van der Waals surface area contributed by atoms with Gasteiger partial charge < -0.3 is 20.4 Å². The van der Waals surface area contributed by atoms with Gasteiger partial charge in [-0.25, -0.2) is 0 Å². The average molecular weight is 330 g/mol. The van der Waals surface area contributed by atoms with Crippen LogP contribution in [0.25, 0.3) is 0 Å². The topological polar surface area (TPSA) is 98.0 Å². The number of hydrogen-bond donors (Lipinski definition) is 4. The number of aliphatic carboxylic acids is 1. The van der Waals surface area contributed by atoms with Crippen LogP contribution in [0.15, 0.2) is 12.2 Å². The highest BCUT2D eigenvalue weighted by molar-refractivity contribution is 5.66. The first-order valence-corrected chi connectivity index (χ1v) is 8.91. The van der Waals surface area contributed by atoms with Crippen LogP contribution < -0.4 is 0 Å². The summed E-state index contributed by atoms with van der Waals surface area (Å²) in [4.78, 5) is 10.4. The molecule has 0 aliphatic rings. The van der Waals surface area contributed by atoms with Gasteiger partial charge in [-0.2, -0.15) is 0 Å². The van der Waals surface area contributed by atoms with Crippen LogP contribution in [0.3, 0.4) is 0 Å². The summed E-state index contributed by atoms with van der Waals surface area (Å²) in [6.07, 6.45) is 9.41. The van der Waals surface area contributed by atoms with E-state index in [4.69, 9.17) is 5.11 Å². The highest BCUT2D eigenvalue weighted by atomic mass is 16.4. The molecule has 0 saturated heterocycles. The number of carboxylic acid groups (broad SMARTS) is 1. The molecule has 0 aromatic rings. The van der Waals surface area contributed by atoms with Crippen LogP contribution in [0.5, 0.6) is 0 Å². The third kappa shape index (κ3) is 13.2. The number of aliphatic hydroxyl groups excluding tert-OH is 3. The fourth-order valence-corrected chi connectivity index (χ4v) is 2.42. The van der Waals surface area contributed by atoms with Gasteiger partial charge in [0.1, 0.15) is 12.2 Å². The monoisotopic (exact) mass is 330 g/mol. The number of carboxylic acids is 1. The molecule has 5 heteroatoms. The van der Waals surface area contributed by atoms with Crippen molar-refractivity contribution < 1.29 is 25.2 Å². The van der Waals surface area contributed by atoms with Crippen molar-refractivity contribution in [3.05, 3.63) is 12.2 Å². The van der Waals surface area contributed by atoms with Crippen LogP contribution in [0.4, 0.5) is 0 Å². The zero-order valence-electron chi connectivity index (χ0n) is 14.4. The molecule has 0 aliphatic heterocycles. The molecule has 3 atom stereocenters. The van der Waals surface area contributed by atoms with Gasteiger partial charge in [0.05, 0.1) is 6.10 Å². The molecule has 0 aliphatic carbocycles. The van der Waals surface area contributed by atoms with Crippen molar-refractivity contribution in [2.75, 3.05) is 0 Å². The second-order valence-corrected chi connectivity index (χ2v) is 6.17. The molecule has 0 aromatic carbocycles. The number of aliphatic hydroxyl groups is 3. The summed E-state index contributed by atoms with van der Waals surface area (Å²) >= 11 is 0. The molecule has 0 heterocycles. The Morgan fingerprint density at radius 3 is 2.26 bits per heavy atom. The van der Waals surface area contributed by atoms with Crippen molar-refractivity contribution in [1.29, 1.82) is 0 Å². The third-order valence-electron chi connectivity index (χ3n) is 3.94. The van der Waals surface area contributed by atoms with Crippen LogP contribution in [-0.2, 0) is 4.79 Å². The molecule has 0 fully saturated rings. The van der Waals surface area contributed by atoms with Gasteiger partial charge in [-0.3, -0.25) is 4.79 Å². The van der Waals surface area contributed by atoms with Gasteiger partial charge in [0.15, 0.2) is 0 Å². The summed E-state index contributed by atoms with van der Waals surface area (Å²) in [5.41, 5.74) is 0. The van der Waals surface area contributed by atoms with E-state index in [9.17, 15) is 20.1 Å². The van der Waals surface area contributed by atoms with Crippen LogP contribution in [-0.4, -0.2) is 44.7 Å². The van der Waals surface area contributed by atoms with Crippen molar-refractivity contribution in [3.63, 3.8) is 0 Å². The largest absolute Gasteiger partial charge is 0.481 e. The third-order valence-corrected chi connectivity index (χ3v) is 3.94. The number of allylic oxidation sites excluding steroid dienone is 1. The van der Waals surface area contributed by atoms with Gasteiger partial charge in [0.2, 0.25) is 0 Å². The fraction of sp³-hybridized carbons (Fsp3) is 0.833. The minimum atomic E-state index is -1.19. The van der Waals surface area contributed by atoms with Crippen LogP contribution in [0, 0.1) is 0 Å². The maximum absolute atomic E-state index is 10.4. The van der Waals surface area contributed by atoms with E-state index in [0.717, 1.165) is 12.8 Å². The Kier molecular flexibility index (Phi) is 14.1. The normalized spacial score (nSPS) is 15.7. The van der Waals surface area contributed by atoms with Gasteiger partial charge >= 0.3 is 5.97 Å². The molecule has 5 nitrogen and oxygen atoms in total. The van der Waals surface area contributed by atoms with E-state index in [0.29, 0.717) is 25.7 Å². The molecule has 0 rings (SSSR count). The summed E-state index contributed by atoms with van der Waals surface area (Å²) in [6.45, 7) is 2.18. The summed E-state index contributed by atoms with van der Waals surface area (Å²) in [5, 5.41) is 38.0. The Morgan fingerprint density at radius 2 is 1.61 bits per heavy atom. The Bertz CT molecular complexity index is 317. The molecule has 0 aromatic heterocycles. The van der Waals surface area contributed by atoms with E-state index in [1.54, 1.807) is 6.08 Å². The lowest BCUT2D eigenvalue weighted by molar-refractivity contribution is -0.137. The van der Waals surface area contributed by atoms with Gasteiger partial charge in [-0.05, 0) is 25.7 Å². The maximum atomic E-state index is 10.4. The second-order valence-electron chi connectivity index (χ2n) is 6.17. The first-order valence-electron chi connectivity index (χ1n) is 8.91. The zero-order chi connectivity index (χ0) is 17.5. The van der Waals surface area contributed by atoms with Crippen LogP contribution in [0.2, 0.25) is 0 Å². The fourth-order valence-electron chi connectivity index (χ4n) is 2.42. The first-order chi connectivity index (χ1) is 11.0. The summed E-state index contributed by atoms with van der Waals surface area (Å²) in [5.74, 6) is -0.819. The van der Waals surface area contributed by atoms with E-state index < -0.39 is 24.3 Å². The Hall–Kier alpha value is -0.910. The molecular formula is C18H34O5. The number of carbonyl (C=O) groups is 1. The quantitative estimate of drug-likeness (QED) is 0.273. The smallest absolute Gasteiger partial charge is 0.303 e. The first kappa shape index (κ1) is 22.1. The van der Waals surface area contributed by atoms with Crippen molar-refractivity contribution in [2.45, 2.75) is 95.9 Å². The Balaban J connectivity index is 3.76. The molecule has 136 valence electrons. The lowest BCUT2D eigenvalue weighted by atomic mass is 10.0. The lowest BCUT2D eigenvalue weighted by Gasteiger charge is -2.20. The highest BCUT2D eigenvalue weighted by Crippen LogP contribution is 2.12. The number of hydrogen-bond acceptors (Lipinski definition) is 4. The number of rotatable bonds is 15. The van der Waals surface area contributed by atoms with Gasteiger partial charge in [0.25, 0.3) is 0 Å². The standard InChI is InChI=1S/C18H34O5/c1-2-3-4-5-6-7-9-12-15(19)18(23)16(20)13-10-8-11-14-17(21)22/h9,12,15-16,18-20,23H,2-8,10-11,13-14H2,1H3,(H,21,22)/b12-9-. The minimum absolute atomic E-state index is 0.127. The zero-order valence-corrected chi connectivity index (χ0v) is 14.4. The Labute approximate surface area is 140 Å². The van der Waals surface area contributed by atoms with Crippen molar-refractivity contribution in [1.82, 2.24) is 0 Å². The maximum Gasteiger partial charge on any atom is 0.303 e. The minimum Gasteiger partial charge on any atom is -0.481 e. The lowest BCUT2D eigenvalue weighted by Crippen LogP contribution is -2.36. The van der Waals surface area contributed by atoms with Gasteiger partial charge in [0, 0.05) is 6.42 Å². The second kappa shape index (κ2) is 14.7. The van der Waals surface area contributed by atoms with E-state index in [1.807, 2.05) is 6.08 Å². The SMILES string of the molecule is CCCCCCC/C=C\C(O)C(O)C(O)CCCCCC(=O)O. The molecule has 0 saturated carbocycles. The number of unbranched alkanes of at least 4 members (excludes halogenated alkanes) is 7. The molecule has 0 bridgehead atoms. The molecule has 0 radical (unpaired) electrons. The van der Waals surface area contributed by atoms with Gasteiger partial charge in [-0.15, -0.1) is 0 Å². The average Bonchev–Trinajstić information content (AvgIpc) is 2.52. The van der Waals surface area contributed by atoms with E-state index in [2.05, 4.69) is 6.92 Å². The molecule has 23 heavy (non-hydrogen) atoms. The van der Waals surface area contributed by atoms with Crippen LogP contribution in [0.1, 0.15) is 77.6 Å². The summed E-state index contributed by atoms with van der Waals surface area (Å²) < 4.78 is 0. The van der Waals surface area contributed by atoms with Crippen molar-refractivity contribution >= 4 is 5.97 Å². The van der Waals surface area contributed by atoms with Crippen molar-refractivity contribution in [2.24, 2.45) is 0 Å². The summed E-state index contributed by atoms with van der Waals surface area (Å²) in [7, 11) is 0.